The zero-order chi connectivity index (χ0) is 11.4. The van der Waals surface area contributed by atoms with E-state index in [0.29, 0.717) is 0 Å². The summed E-state index contributed by atoms with van der Waals surface area (Å²) < 4.78 is 9.86. The molecule has 0 aromatic heterocycles. The van der Waals surface area contributed by atoms with Gasteiger partial charge in [0.25, 0.3) is 0 Å². The molecule has 1 aliphatic rings. The van der Waals surface area contributed by atoms with E-state index in [0.717, 1.165) is 0 Å². The van der Waals surface area contributed by atoms with Crippen LogP contribution in [-0.2, 0) is 9.47 Å². The van der Waals surface area contributed by atoms with Crippen LogP contribution in [0, 0.1) is 0 Å². The standard InChI is InChI=1S/C9H16O6/c1-2-3-14-8-6(11)5(4-10)15-9(13)7(8)12/h2,5-13H,1,3-4H2. The monoisotopic (exact) mass is 220 g/mol. The Morgan fingerprint density at radius 2 is 1.93 bits per heavy atom. The minimum absolute atomic E-state index is 0.129. The first kappa shape index (κ1) is 12.6. The molecule has 0 bridgehead atoms. The van der Waals surface area contributed by atoms with Crippen molar-refractivity contribution in [2.75, 3.05) is 13.2 Å². The molecular weight excluding hydrogens is 204 g/mol. The predicted octanol–water partition coefficient (Wildman–Crippen LogP) is -2.01. The average molecular weight is 220 g/mol. The van der Waals surface area contributed by atoms with E-state index in [1.54, 1.807) is 0 Å². The molecule has 0 radical (unpaired) electrons. The van der Waals surface area contributed by atoms with Crippen LogP contribution >= 0.6 is 0 Å². The number of rotatable bonds is 4. The fourth-order valence-corrected chi connectivity index (χ4v) is 1.44. The summed E-state index contributed by atoms with van der Waals surface area (Å²) in [4.78, 5) is 0. The highest BCUT2D eigenvalue weighted by Crippen LogP contribution is 2.22. The van der Waals surface area contributed by atoms with Gasteiger partial charge in [-0.15, -0.1) is 6.58 Å². The van der Waals surface area contributed by atoms with Crippen LogP contribution in [0.1, 0.15) is 0 Å². The number of aliphatic hydroxyl groups excluding tert-OH is 4. The van der Waals surface area contributed by atoms with Gasteiger partial charge in [0.15, 0.2) is 6.29 Å². The van der Waals surface area contributed by atoms with Crippen molar-refractivity contribution in [3.8, 4) is 0 Å². The van der Waals surface area contributed by atoms with E-state index in [2.05, 4.69) is 6.58 Å². The van der Waals surface area contributed by atoms with E-state index in [4.69, 9.17) is 14.6 Å². The molecule has 6 heteroatoms. The first-order chi connectivity index (χ1) is 7.11. The molecule has 4 N–H and O–H groups in total. The summed E-state index contributed by atoms with van der Waals surface area (Å²) in [5, 5.41) is 37.2. The molecule has 1 heterocycles. The summed E-state index contributed by atoms with van der Waals surface area (Å²) in [7, 11) is 0. The summed E-state index contributed by atoms with van der Waals surface area (Å²) in [6, 6.07) is 0. The minimum Gasteiger partial charge on any atom is -0.394 e. The summed E-state index contributed by atoms with van der Waals surface area (Å²) in [5.41, 5.74) is 0. The Morgan fingerprint density at radius 1 is 1.27 bits per heavy atom. The van der Waals surface area contributed by atoms with Crippen LogP contribution in [0.2, 0.25) is 0 Å². The lowest BCUT2D eigenvalue weighted by Gasteiger charge is -2.39. The predicted molar refractivity (Wildman–Crippen MR) is 49.9 cm³/mol. The zero-order valence-electron chi connectivity index (χ0n) is 8.19. The van der Waals surface area contributed by atoms with Crippen LogP contribution in [0.3, 0.4) is 0 Å². The van der Waals surface area contributed by atoms with Gasteiger partial charge in [0.2, 0.25) is 0 Å². The van der Waals surface area contributed by atoms with E-state index in [9.17, 15) is 15.3 Å². The van der Waals surface area contributed by atoms with Crippen LogP contribution < -0.4 is 0 Å². The quantitative estimate of drug-likeness (QED) is 0.408. The SMILES string of the molecule is C=CCOC1C(O)C(O)OC(CO)C1O. The molecule has 15 heavy (non-hydrogen) atoms. The van der Waals surface area contributed by atoms with Gasteiger partial charge in [-0.3, -0.25) is 0 Å². The molecule has 1 fully saturated rings. The Morgan fingerprint density at radius 3 is 2.47 bits per heavy atom. The number of hydrogen-bond donors (Lipinski definition) is 4. The largest absolute Gasteiger partial charge is 0.394 e. The van der Waals surface area contributed by atoms with Crippen LogP contribution in [0.15, 0.2) is 12.7 Å². The molecule has 1 rings (SSSR count). The van der Waals surface area contributed by atoms with Crippen molar-refractivity contribution in [3.63, 3.8) is 0 Å². The third kappa shape index (κ3) is 2.75. The second-order valence-corrected chi connectivity index (χ2v) is 3.32. The molecule has 6 nitrogen and oxygen atoms in total. The van der Waals surface area contributed by atoms with Crippen LogP contribution in [-0.4, -0.2) is 64.3 Å². The topological polar surface area (TPSA) is 99.4 Å². The van der Waals surface area contributed by atoms with E-state index in [-0.39, 0.29) is 6.61 Å². The Labute approximate surface area is 87.4 Å². The van der Waals surface area contributed by atoms with Crippen molar-refractivity contribution in [1.82, 2.24) is 0 Å². The maximum absolute atomic E-state index is 9.63. The van der Waals surface area contributed by atoms with Crippen molar-refractivity contribution < 1.29 is 29.9 Å². The number of aliphatic hydroxyl groups is 4. The maximum atomic E-state index is 9.63. The summed E-state index contributed by atoms with van der Waals surface area (Å²) in [6.45, 7) is 3.09. The van der Waals surface area contributed by atoms with Gasteiger partial charge in [-0.05, 0) is 0 Å². The third-order valence-corrected chi connectivity index (χ3v) is 2.25. The second kappa shape index (κ2) is 5.55. The fraction of sp³-hybridized carbons (Fsp3) is 0.778. The van der Waals surface area contributed by atoms with Crippen LogP contribution in [0.4, 0.5) is 0 Å². The molecule has 0 spiro atoms. The van der Waals surface area contributed by atoms with Gasteiger partial charge in [-0.2, -0.15) is 0 Å². The van der Waals surface area contributed by atoms with Gasteiger partial charge in [-0.1, -0.05) is 6.08 Å². The highest BCUT2D eigenvalue weighted by atomic mass is 16.6. The Kier molecular flexibility index (Phi) is 4.65. The number of hydrogen-bond acceptors (Lipinski definition) is 6. The minimum atomic E-state index is -1.47. The molecule has 0 saturated carbocycles. The van der Waals surface area contributed by atoms with E-state index < -0.39 is 37.3 Å². The first-order valence-electron chi connectivity index (χ1n) is 4.64. The van der Waals surface area contributed by atoms with Crippen molar-refractivity contribution in [2.24, 2.45) is 0 Å². The van der Waals surface area contributed by atoms with E-state index >= 15 is 0 Å². The smallest absolute Gasteiger partial charge is 0.184 e. The third-order valence-electron chi connectivity index (χ3n) is 2.25. The normalized spacial score (nSPS) is 41.5. The Balaban J connectivity index is 2.65. The molecule has 88 valence electrons. The van der Waals surface area contributed by atoms with Gasteiger partial charge in [0, 0.05) is 0 Å². The molecule has 0 aromatic carbocycles. The lowest BCUT2D eigenvalue weighted by molar-refractivity contribution is -0.292. The molecule has 5 atom stereocenters. The highest BCUT2D eigenvalue weighted by Gasteiger charge is 2.44. The lowest BCUT2D eigenvalue weighted by atomic mass is 9.99. The first-order valence-corrected chi connectivity index (χ1v) is 4.64. The van der Waals surface area contributed by atoms with Gasteiger partial charge in [-0.25, -0.2) is 0 Å². The Hall–Kier alpha value is -0.500. The fourth-order valence-electron chi connectivity index (χ4n) is 1.44. The molecular formula is C9H16O6. The second-order valence-electron chi connectivity index (χ2n) is 3.32. The molecule has 0 amide bonds. The number of ether oxygens (including phenoxy) is 2. The maximum Gasteiger partial charge on any atom is 0.184 e. The van der Waals surface area contributed by atoms with Gasteiger partial charge < -0.3 is 29.9 Å². The summed E-state index contributed by atoms with van der Waals surface area (Å²) in [5.74, 6) is 0. The zero-order valence-corrected chi connectivity index (χ0v) is 8.19. The lowest BCUT2D eigenvalue weighted by Crippen LogP contribution is -2.59. The van der Waals surface area contributed by atoms with Gasteiger partial charge in [0.1, 0.15) is 24.4 Å². The highest BCUT2D eigenvalue weighted by molar-refractivity contribution is 4.90. The molecule has 0 aromatic rings. The molecule has 1 saturated heterocycles. The van der Waals surface area contributed by atoms with Crippen molar-refractivity contribution in [3.05, 3.63) is 12.7 Å². The average Bonchev–Trinajstić information content (AvgIpc) is 2.23. The molecule has 0 aliphatic carbocycles. The van der Waals surface area contributed by atoms with Crippen molar-refractivity contribution >= 4 is 0 Å². The molecule has 5 unspecified atom stereocenters. The Bertz CT molecular complexity index is 209. The van der Waals surface area contributed by atoms with E-state index in [1.165, 1.54) is 6.08 Å². The van der Waals surface area contributed by atoms with E-state index in [1.807, 2.05) is 0 Å². The van der Waals surface area contributed by atoms with Crippen LogP contribution in [0.5, 0.6) is 0 Å². The van der Waals surface area contributed by atoms with Gasteiger partial charge in [0.05, 0.1) is 13.2 Å². The van der Waals surface area contributed by atoms with Crippen molar-refractivity contribution in [2.45, 2.75) is 30.7 Å². The molecule has 1 aliphatic heterocycles. The summed E-state index contributed by atoms with van der Waals surface area (Å²) in [6.07, 6.45) is -4.51. The van der Waals surface area contributed by atoms with Gasteiger partial charge >= 0.3 is 0 Å². The van der Waals surface area contributed by atoms with Crippen LogP contribution in [0.25, 0.3) is 0 Å². The van der Waals surface area contributed by atoms with Crippen molar-refractivity contribution in [1.29, 1.82) is 0 Å². The summed E-state index contributed by atoms with van der Waals surface area (Å²) >= 11 is 0.